The normalized spacial score (nSPS) is 27.2. The molecule has 6 rings (SSSR count). The number of rotatable bonds is 5. The Bertz CT molecular complexity index is 1020. The van der Waals surface area contributed by atoms with E-state index in [1.54, 1.807) is 24.3 Å². The van der Waals surface area contributed by atoms with Crippen molar-refractivity contribution in [3.63, 3.8) is 0 Å². The predicted molar refractivity (Wildman–Crippen MR) is 123 cm³/mol. The number of nitrogens with one attached hydrogen (secondary N) is 2. The Labute approximate surface area is 189 Å². The summed E-state index contributed by atoms with van der Waals surface area (Å²) in [4.78, 5) is 14.9. The average Bonchev–Trinajstić information content (AvgIpc) is 3.48. The molecule has 1 aliphatic carbocycles. The summed E-state index contributed by atoms with van der Waals surface area (Å²) in [5.41, 5.74) is 3.87. The van der Waals surface area contributed by atoms with Crippen LogP contribution in [0, 0.1) is 17.2 Å². The fourth-order valence-electron chi connectivity index (χ4n) is 6.01. The van der Waals surface area contributed by atoms with Crippen LogP contribution in [-0.4, -0.2) is 46.4 Å². The third kappa shape index (κ3) is 4.24. The molecule has 32 heavy (non-hydrogen) atoms. The molecule has 3 aliphatic heterocycles. The number of piperidine rings is 3. The first-order chi connectivity index (χ1) is 15.6. The molecule has 4 atom stereocenters. The van der Waals surface area contributed by atoms with Gasteiger partial charge in [0.2, 0.25) is 0 Å². The number of nitrogens with zero attached hydrogens (tertiary/aromatic N) is 4. The Morgan fingerprint density at radius 1 is 1.25 bits per heavy atom. The average molecular weight is 433 g/mol. The van der Waals surface area contributed by atoms with Crippen molar-refractivity contribution >= 4 is 11.7 Å². The van der Waals surface area contributed by atoms with E-state index in [-0.39, 0.29) is 6.03 Å². The van der Waals surface area contributed by atoms with E-state index in [1.807, 2.05) is 0 Å². The second-order valence-electron chi connectivity index (χ2n) is 9.67. The van der Waals surface area contributed by atoms with Crippen molar-refractivity contribution in [1.29, 1.82) is 5.26 Å². The van der Waals surface area contributed by atoms with Gasteiger partial charge in [0.25, 0.3) is 0 Å². The van der Waals surface area contributed by atoms with Crippen molar-refractivity contribution in [2.45, 2.75) is 56.4 Å². The third-order valence-electron chi connectivity index (χ3n) is 7.71. The zero-order valence-corrected chi connectivity index (χ0v) is 18.8. The number of aromatic nitrogens is 2. The molecular weight excluding hydrogens is 400 g/mol. The number of carbonyl (C=O) groups excluding carboxylic acids is 1. The van der Waals surface area contributed by atoms with Crippen LogP contribution in [0.4, 0.5) is 10.5 Å². The largest absolute Gasteiger partial charge is 0.336 e. The first kappa shape index (κ1) is 21.0. The minimum atomic E-state index is -0.216. The first-order valence-electron chi connectivity index (χ1n) is 11.9. The van der Waals surface area contributed by atoms with Crippen LogP contribution in [0.15, 0.2) is 30.3 Å². The van der Waals surface area contributed by atoms with Gasteiger partial charge in [0.15, 0.2) is 0 Å². The van der Waals surface area contributed by atoms with Crippen LogP contribution in [0.1, 0.15) is 67.3 Å². The Hall–Kier alpha value is -2.85. The highest BCUT2D eigenvalue weighted by molar-refractivity contribution is 5.89. The number of aryl methyl sites for hydroxylation is 1. The fourth-order valence-corrected chi connectivity index (χ4v) is 6.01. The van der Waals surface area contributed by atoms with Crippen molar-refractivity contribution in [3.05, 3.63) is 47.3 Å². The Kier molecular flexibility index (Phi) is 5.88. The van der Waals surface area contributed by atoms with E-state index in [0.29, 0.717) is 41.6 Å². The van der Waals surface area contributed by atoms with Crippen LogP contribution in [0.25, 0.3) is 0 Å². The van der Waals surface area contributed by atoms with Crippen molar-refractivity contribution in [1.82, 2.24) is 20.0 Å². The summed E-state index contributed by atoms with van der Waals surface area (Å²) in [6, 6.07) is 11.6. The molecule has 7 heteroatoms. The number of urea groups is 1. The minimum Gasteiger partial charge on any atom is -0.336 e. The zero-order valence-electron chi connectivity index (χ0n) is 18.8. The second-order valence-corrected chi connectivity index (χ2v) is 9.67. The van der Waals surface area contributed by atoms with Gasteiger partial charge in [-0.05, 0) is 62.4 Å². The van der Waals surface area contributed by atoms with Crippen molar-refractivity contribution in [2.24, 2.45) is 13.0 Å². The summed E-state index contributed by atoms with van der Waals surface area (Å²) in [7, 11) is 2.11. The van der Waals surface area contributed by atoms with Crippen molar-refractivity contribution in [2.75, 3.05) is 25.0 Å². The smallest absolute Gasteiger partial charge is 0.319 e. The van der Waals surface area contributed by atoms with Gasteiger partial charge in [-0.1, -0.05) is 18.9 Å². The van der Waals surface area contributed by atoms with E-state index in [1.165, 1.54) is 43.5 Å². The molecule has 168 valence electrons. The number of fused-ring (bicyclic) bond motifs is 3. The maximum absolute atomic E-state index is 12.4. The van der Waals surface area contributed by atoms with Gasteiger partial charge in [0.05, 0.1) is 17.3 Å². The molecule has 2 amide bonds. The van der Waals surface area contributed by atoms with E-state index in [9.17, 15) is 4.79 Å². The van der Waals surface area contributed by atoms with Crippen LogP contribution in [0.2, 0.25) is 0 Å². The van der Waals surface area contributed by atoms with E-state index < -0.39 is 0 Å². The summed E-state index contributed by atoms with van der Waals surface area (Å²) in [6.45, 7) is 2.80. The number of nitriles is 1. The molecule has 4 aliphatic rings. The van der Waals surface area contributed by atoms with Gasteiger partial charge in [-0.25, -0.2) is 4.79 Å². The van der Waals surface area contributed by atoms with Gasteiger partial charge in [0.1, 0.15) is 0 Å². The van der Waals surface area contributed by atoms with Gasteiger partial charge < -0.3 is 10.6 Å². The Morgan fingerprint density at radius 3 is 2.84 bits per heavy atom. The molecule has 0 spiro atoms. The highest BCUT2D eigenvalue weighted by atomic mass is 16.2. The van der Waals surface area contributed by atoms with Crippen LogP contribution >= 0.6 is 0 Å². The number of hydrogen-bond donors (Lipinski definition) is 2. The van der Waals surface area contributed by atoms with Gasteiger partial charge in [-0.15, -0.1) is 0 Å². The van der Waals surface area contributed by atoms with E-state index >= 15 is 0 Å². The molecule has 2 N–H and O–H groups in total. The lowest BCUT2D eigenvalue weighted by atomic mass is 9.74. The quantitative estimate of drug-likeness (QED) is 0.749. The molecule has 1 aromatic carbocycles. The SMILES string of the molecule is Cn1nc(C2CCCC2)cc1[C@@H]1CN2CC[C@H]1C[C@@H]2CNC(=O)Nc1cccc(C#N)c1. The highest BCUT2D eigenvalue weighted by Gasteiger charge is 2.42. The lowest BCUT2D eigenvalue weighted by Crippen LogP contribution is -2.56. The number of amides is 2. The standard InChI is InChI=1S/C25H32N6O/c1-30-24(13-23(29-30)18-6-2-3-7-18)22-16-31-10-9-19(22)12-21(31)15-27-25(32)28-20-8-4-5-17(11-20)14-26/h4-5,8,11,13,18-19,21-22H,2-3,6-7,9-10,12,15-16H2,1H3,(H2,27,28,32)/t19-,21+,22+/m0/s1. The predicted octanol–water partition coefficient (Wildman–Crippen LogP) is 3.95. The monoisotopic (exact) mass is 432 g/mol. The molecule has 1 aromatic heterocycles. The van der Waals surface area contributed by atoms with E-state index in [2.05, 4.69) is 39.4 Å². The third-order valence-corrected chi connectivity index (χ3v) is 7.71. The number of benzene rings is 1. The molecule has 0 radical (unpaired) electrons. The van der Waals surface area contributed by atoms with Gasteiger partial charge in [-0.2, -0.15) is 10.4 Å². The molecule has 2 bridgehead atoms. The number of carbonyl (C=O) groups is 1. The topological polar surface area (TPSA) is 86.0 Å². The summed E-state index contributed by atoms with van der Waals surface area (Å²) in [5, 5.41) is 19.8. The van der Waals surface area contributed by atoms with Crippen LogP contribution in [0.3, 0.4) is 0 Å². The molecule has 3 saturated heterocycles. The number of anilines is 1. The van der Waals surface area contributed by atoms with Gasteiger partial charge in [0, 0.05) is 49.4 Å². The maximum Gasteiger partial charge on any atom is 0.319 e. The van der Waals surface area contributed by atoms with Crippen LogP contribution in [0.5, 0.6) is 0 Å². The fraction of sp³-hybridized carbons (Fsp3) is 0.560. The molecule has 1 saturated carbocycles. The molecular formula is C25H32N6O. The van der Waals surface area contributed by atoms with Gasteiger partial charge >= 0.3 is 6.03 Å². The molecule has 7 nitrogen and oxygen atoms in total. The van der Waals surface area contributed by atoms with Crippen LogP contribution < -0.4 is 10.6 Å². The Morgan fingerprint density at radius 2 is 2.09 bits per heavy atom. The van der Waals surface area contributed by atoms with Crippen LogP contribution in [-0.2, 0) is 7.05 Å². The second kappa shape index (κ2) is 8.95. The van der Waals surface area contributed by atoms with Gasteiger partial charge in [-0.3, -0.25) is 9.58 Å². The summed E-state index contributed by atoms with van der Waals surface area (Å²) in [6.07, 6.45) is 7.57. The molecule has 2 aromatic rings. The van der Waals surface area contributed by atoms with E-state index in [0.717, 1.165) is 19.5 Å². The van der Waals surface area contributed by atoms with Crippen molar-refractivity contribution < 1.29 is 4.79 Å². The molecule has 1 unspecified atom stereocenters. The number of hydrogen-bond acceptors (Lipinski definition) is 4. The van der Waals surface area contributed by atoms with E-state index in [4.69, 9.17) is 10.4 Å². The molecule has 4 fully saturated rings. The summed E-state index contributed by atoms with van der Waals surface area (Å²) >= 11 is 0. The van der Waals surface area contributed by atoms with Crippen molar-refractivity contribution in [3.8, 4) is 6.07 Å². The zero-order chi connectivity index (χ0) is 22.1. The maximum atomic E-state index is 12.4. The lowest BCUT2D eigenvalue weighted by molar-refractivity contribution is 0.0296. The highest BCUT2D eigenvalue weighted by Crippen LogP contribution is 2.43. The minimum absolute atomic E-state index is 0.216. The Balaban J connectivity index is 1.18. The first-order valence-corrected chi connectivity index (χ1v) is 11.9. The summed E-state index contributed by atoms with van der Waals surface area (Å²) < 4.78 is 2.14. The summed E-state index contributed by atoms with van der Waals surface area (Å²) in [5.74, 6) is 1.84. The lowest BCUT2D eigenvalue weighted by Gasteiger charge is -2.49. The molecule has 4 heterocycles.